The molecule has 0 bridgehead atoms. The van der Waals surface area contributed by atoms with E-state index in [1.165, 1.54) is 12.3 Å². The molecule has 0 spiro atoms. The lowest BCUT2D eigenvalue weighted by Crippen LogP contribution is -2.09. The molecule has 0 atom stereocenters. The van der Waals surface area contributed by atoms with Crippen LogP contribution >= 0.6 is 11.6 Å². The van der Waals surface area contributed by atoms with Gasteiger partial charge in [-0.1, -0.05) is 11.6 Å². The number of pyridine rings is 1. The quantitative estimate of drug-likeness (QED) is 0.762. The van der Waals surface area contributed by atoms with E-state index in [4.69, 9.17) is 16.7 Å². The number of nitrogens with one attached hydrogen (secondary N) is 1. The van der Waals surface area contributed by atoms with Crippen molar-refractivity contribution in [2.24, 2.45) is 0 Å². The van der Waals surface area contributed by atoms with Crippen LogP contribution in [0.5, 0.6) is 0 Å². The number of carbonyl (C=O) groups excluding carboxylic acids is 1. The third-order valence-corrected chi connectivity index (χ3v) is 1.59. The van der Waals surface area contributed by atoms with E-state index in [1.54, 1.807) is 6.07 Å². The number of hydrogen-bond acceptors (Lipinski definition) is 3. The van der Waals surface area contributed by atoms with Crippen LogP contribution in [0.3, 0.4) is 0 Å². The van der Waals surface area contributed by atoms with Gasteiger partial charge >= 0.3 is 5.97 Å². The summed E-state index contributed by atoms with van der Waals surface area (Å²) in [6.45, 7) is 0. The number of aromatic nitrogens is 1. The smallest absolute Gasteiger partial charge is 0.328 e. The van der Waals surface area contributed by atoms with E-state index in [9.17, 15) is 9.59 Å². The molecule has 1 aromatic rings. The zero-order chi connectivity index (χ0) is 11.3. The predicted octanol–water partition coefficient (Wildman–Crippen LogP) is 1.31. The van der Waals surface area contributed by atoms with Gasteiger partial charge in [-0.05, 0) is 12.1 Å². The number of carboxylic acids is 1. The zero-order valence-corrected chi connectivity index (χ0v) is 8.23. The molecular weight excluding hydrogens is 220 g/mol. The fraction of sp³-hybridized carbons (Fsp3) is 0. The molecule has 1 rings (SSSR count). The predicted molar refractivity (Wildman–Crippen MR) is 54.7 cm³/mol. The molecule has 0 saturated heterocycles. The molecule has 78 valence electrons. The third-order valence-electron chi connectivity index (χ3n) is 1.35. The lowest BCUT2D eigenvalue weighted by atomic mass is 10.4. The maximum atomic E-state index is 11.1. The molecule has 2 N–H and O–H groups in total. The van der Waals surface area contributed by atoms with Gasteiger partial charge in [0, 0.05) is 23.4 Å². The molecule has 5 nitrogen and oxygen atoms in total. The average molecular weight is 227 g/mol. The second kappa shape index (κ2) is 5.11. The monoisotopic (exact) mass is 226 g/mol. The first-order chi connectivity index (χ1) is 7.08. The molecular formula is C9H7ClN2O3. The number of hydrogen-bond donors (Lipinski definition) is 2. The van der Waals surface area contributed by atoms with E-state index in [1.807, 2.05) is 0 Å². The van der Waals surface area contributed by atoms with Gasteiger partial charge in [-0.2, -0.15) is 0 Å². The molecule has 0 aliphatic heterocycles. The Kier molecular flexibility index (Phi) is 3.82. The van der Waals surface area contributed by atoms with Crippen molar-refractivity contribution in [3.63, 3.8) is 0 Å². The van der Waals surface area contributed by atoms with Crippen LogP contribution < -0.4 is 5.32 Å². The average Bonchev–Trinajstić information content (AvgIpc) is 2.15. The number of nitrogens with zero attached hydrogens (tertiary/aromatic N) is 1. The summed E-state index contributed by atoms with van der Waals surface area (Å²) in [6.07, 6.45) is 3.06. The number of aliphatic carboxylic acids is 1. The Morgan fingerprint density at radius 2 is 2.20 bits per heavy atom. The zero-order valence-electron chi connectivity index (χ0n) is 7.48. The van der Waals surface area contributed by atoms with Gasteiger partial charge in [0.05, 0.1) is 0 Å². The van der Waals surface area contributed by atoms with E-state index in [0.717, 1.165) is 12.2 Å². The summed E-state index contributed by atoms with van der Waals surface area (Å²) in [5, 5.41) is 11.1. The SMILES string of the molecule is O=C(O)/C=C\C(=O)Nc1cc(Cl)ccn1. The molecule has 0 fully saturated rings. The summed E-state index contributed by atoms with van der Waals surface area (Å²) < 4.78 is 0. The Balaban J connectivity index is 2.63. The first-order valence-electron chi connectivity index (χ1n) is 3.91. The minimum Gasteiger partial charge on any atom is -0.478 e. The highest BCUT2D eigenvalue weighted by atomic mass is 35.5. The van der Waals surface area contributed by atoms with Crippen LogP contribution in [0, 0.1) is 0 Å². The number of amides is 1. The highest BCUT2D eigenvalue weighted by molar-refractivity contribution is 6.30. The maximum Gasteiger partial charge on any atom is 0.328 e. The Morgan fingerprint density at radius 3 is 2.80 bits per heavy atom. The van der Waals surface area contributed by atoms with Gasteiger partial charge in [-0.15, -0.1) is 0 Å². The molecule has 1 heterocycles. The van der Waals surface area contributed by atoms with Crippen molar-refractivity contribution in [2.45, 2.75) is 0 Å². The minimum atomic E-state index is -1.19. The van der Waals surface area contributed by atoms with Crippen LogP contribution in [0.1, 0.15) is 0 Å². The number of anilines is 1. The molecule has 0 aliphatic rings. The third kappa shape index (κ3) is 4.24. The molecule has 15 heavy (non-hydrogen) atoms. The number of carbonyl (C=O) groups is 2. The number of carboxylic acid groups (broad SMARTS) is 1. The van der Waals surface area contributed by atoms with Crippen molar-refractivity contribution in [1.82, 2.24) is 4.98 Å². The van der Waals surface area contributed by atoms with Gasteiger partial charge in [0.1, 0.15) is 5.82 Å². The summed E-state index contributed by atoms with van der Waals surface area (Å²) in [4.78, 5) is 25.0. The van der Waals surface area contributed by atoms with Crippen LogP contribution in [-0.2, 0) is 9.59 Å². The van der Waals surface area contributed by atoms with Crippen molar-refractivity contribution in [3.8, 4) is 0 Å². The largest absolute Gasteiger partial charge is 0.478 e. The standard InChI is InChI=1S/C9H7ClN2O3/c10-6-3-4-11-7(5-6)12-8(13)1-2-9(14)15/h1-5H,(H,14,15)(H,11,12,13)/b2-1-. The van der Waals surface area contributed by atoms with Crippen molar-refractivity contribution < 1.29 is 14.7 Å². The topological polar surface area (TPSA) is 79.3 Å². The van der Waals surface area contributed by atoms with E-state index in [2.05, 4.69) is 10.3 Å². The molecule has 1 amide bonds. The summed E-state index contributed by atoms with van der Waals surface area (Å²) in [7, 11) is 0. The van der Waals surface area contributed by atoms with Crippen LogP contribution in [0.4, 0.5) is 5.82 Å². The molecule has 0 unspecified atom stereocenters. The van der Waals surface area contributed by atoms with Crippen LogP contribution in [0.15, 0.2) is 30.5 Å². The number of rotatable bonds is 3. The van der Waals surface area contributed by atoms with Crippen molar-refractivity contribution >= 4 is 29.3 Å². The van der Waals surface area contributed by atoms with Gasteiger partial charge in [0.15, 0.2) is 0 Å². The van der Waals surface area contributed by atoms with Crippen molar-refractivity contribution in [1.29, 1.82) is 0 Å². The molecule has 0 saturated carbocycles. The summed E-state index contributed by atoms with van der Waals surface area (Å²) >= 11 is 5.65. The molecule has 0 radical (unpaired) electrons. The van der Waals surface area contributed by atoms with Crippen molar-refractivity contribution in [3.05, 3.63) is 35.5 Å². The first kappa shape index (κ1) is 11.2. The normalized spacial score (nSPS) is 10.2. The molecule has 0 aliphatic carbocycles. The lowest BCUT2D eigenvalue weighted by molar-refractivity contribution is -0.131. The Hall–Kier alpha value is -1.88. The van der Waals surface area contributed by atoms with Gasteiger partial charge in [0.2, 0.25) is 5.91 Å². The molecule has 0 aromatic carbocycles. The maximum absolute atomic E-state index is 11.1. The van der Waals surface area contributed by atoms with Gasteiger partial charge in [-0.25, -0.2) is 9.78 Å². The molecule has 6 heteroatoms. The summed E-state index contributed by atoms with van der Waals surface area (Å²) in [6, 6.07) is 3.01. The van der Waals surface area contributed by atoms with E-state index < -0.39 is 11.9 Å². The highest BCUT2D eigenvalue weighted by Crippen LogP contribution is 2.11. The Labute approximate surface area is 90.4 Å². The Bertz CT molecular complexity index is 418. The fourth-order valence-corrected chi connectivity index (χ4v) is 0.948. The van der Waals surface area contributed by atoms with Gasteiger partial charge < -0.3 is 10.4 Å². The van der Waals surface area contributed by atoms with E-state index in [0.29, 0.717) is 5.02 Å². The Morgan fingerprint density at radius 1 is 1.47 bits per heavy atom. The molecule has 1 aromatic heterocycles. The summed E-state index contributed by atoms with van der Waals surface area (Å²) in [5.41, 5.74) is 0. The van der Waals surface area contributed by atoms with Crippen LogP contribution in [-0.4, -0.2) is 22.0 Å². The fourth-order valence-electron chi connectivity index (χ4n) is 0.788. The summed E-state index contributed by atoms with van der Waals surface area (Å²) in [5.74, 6) is -1.50. The first-order valence-corrected chi connectivity index (χ1v) is 4.29. The van der Waals surface area contributed by atoms with Crippen LogP contribution in [0.2, 0.25) is 5.02 Å². The van der Waals surface area contributed by atoms with Crippen LogP contribution in [0.25, 0.3) is 0 Å². The van der Waals surface area contributed by atoms with Gasteiger partial charge in [-0.3, -0.25) is 4.79 Å². The lowest BCUT2D eigenvalue weighted by Gasteiger charge is -1.99. The van der Waals surface area contributed by atoms with Crippen molar-refractivity contribution in [2.75, 3.05) is 5.32 Å². The minimum absolute atomic E-state index is 0.266. The van der Waals surface area contributed by atoms with E-state index in [-0.39, 0.29) is 5.82 Å². The van der Waals surface area contributed by atoms with E-state index >= 15 is 0 Å². The number of halogens is 1. The van der Waals surface area contributed by atoms with Gasteiger partial charge in [0.25, 0.3) is 0 Å². The second-order valence-corrected chi connectivity index (χ2v) is 2.96. The highest BCUT2D eigenvalue weighted by Gasteiger charge is 2.00. The second-order valence-electron chi connectivity index (χ2n) is 2.52.